The summed E-state index contributed by atoms with van der Waals surface area (Å²) >= 11 is 0. The van der Waals surface area contributed by atoms with Gasteiger partial charge in [0.1, 0.15) is 0 Å². The van der Waals surface area contributed by atoms with Gasteiger partial charge in [0, 0.05) is 12.6 Å². The molecule has 0 radical (unpaired) electrons. The highest BCUT2D eigenvalue weighted by Crippen LogP contribution is 2.17. The summed E-state index contributed by atoms with van der Waals surface area (Å²) < 4.78 is 0. The van der Waals surface area contributed by atoms with Crippen molar-refractivity contribution in [3.63, 3.8) is 0 Å². The van der Waals surface area contributed by atoms with Gasteiger partial charge in [-0.3, -0.25) is 0 Å². The topological polar surface area (TPSA) is 41.1 Å². The number of rotatable bonds is 6. The number of urea groups is 1. The fraction of sp³-hybridized carbons (Fsp3) is 0.588. The Bertz CT molecular complexity index is 385. The third kappa shape index (κ3) is 5.64. The summed E-state index contributed by atoms with van der Waals surface area (Å²) in [4.78, 5) is 11.7. The molecule has 1 fully saturated rings. The van der Waals surface area contributed by atoms with Gasteiger partial charge in [0.2, 0.25) is 0 Å². The van der Waals surface area contributed by atoms with Gasteiger partial charge in [0.25, 0.3) is 0 Å². The molecule has 0 saturated heterocycles. The van der Waals surface area contributed by atoms with E-state index < -0.39 is 0 Å². The Morgan fingerprint density at radius 1 is 1.05 bits per heavy atom. The number of nitrogens with one attached hydrogen (secondary N) is 2. The molecule has 0 spiro atoms. The molecule has 0 atom stereocenters. The van der Waals surface area contributed by atoms with Crippen molar-refractivity contribution in [3.8, 4) is 0 Å². The number of aryl methyl sites for hydroxylation is 1. The number of benzene rings is 1. The second-order valence-corrected chi connectivity index (χ2v) is 5.68. The lowest BCUT2D eigenvalue weighted by Gasteiger charge is -2.22. The summed E-state index contributed by atoms with van der Waals surface area (Å²) in [6.45, 7) is 0.769. The predicted molar refractivity (Wildman–Crippen MR) is 82.8 cm³/mol. The largest absolute Gasteiger partial charge is 0.338 e. The molecule has 20 heavy (non-hydrogen) atoms. The van der Waals surface area contributed by atoms with Crippen molar-refractivity contribution in [2.24, 2.45) is 0 Å². The molecule has 1 aliphatic carbocycles. The second-order valence-electron chi connectivity index (χ2n) is 5.68. The zero-order valence-electron chi connectivity index (χ0n) is 12.2. The molecule has 0 aliphatic heterocycles. The average molecular weight is 274 g/mol. The van der Waals surface area contributed by atoms with E-state index >= 15 is 0 Å². The van der Waals surface area contributed by atoms with Gasteiger partial charge in [0.15, 0.2) is 0 Å². The van der Waals surface area contributed by atoms with E-state index in [0.717, 1.165) is 38.6 Å². The van der Waals surface area contributed by atoms with Crippen LogP contribution in [0.25, 0.3) is 0 Å². The van der Waals surface area contributed by atoms with Crippen LogP contribution in [0.4, 0.5) is 4.79 Å². The molecule has 1 saturated carbocycles. The Kier molecular flexibility index (Phi) is 6.42. The minimum Gasteiger partial charge on any atom is -0.338 e. The zero-order chi connectivity index (χ0) is 14.0. The van der Waals surface area contributed by atoms with E-state index in [1.807, 2.05) is 6.07 Å². The number of carbonyl (C=O) groups excluding carboxylic acids is 1. The minimum absolute atomic E-state index is 0.0108. The lowest BCUT2D eigenvalue weighted by molar-refractivity contribution is 0.232. The fourth-order valence-electron chi connectivity index (χ4n) is 2.78. The smallest absolute Gasteiger partial charge is 0.315 e. The first-order valence-corrected chi connectivity index (χ1v) is 7.93. The third-order valence-corrected chi connectivity index (χ3v) is 3.96. The molecular weight excluding hydrogens is 248 g/mol. The van der Waals surface area contributed by atoms with Crippen LogP contribution in [0.3, 0.4) is 0 Å². The molecule has 0 aromatic heterocycles. The maximum absolute atomic E-state index is 11.7. The predicted octanol–water partition coefficient (Wildman–Crippen LogP) is 3.64. The van der Waals surface area contributed by atoms with Crippen LogP contribution >= 0.6 is 0 Å². The summed E-state index contributed by atoms with van der Waals surface area (Å²) in [5, 5.41) is 6.04. The summed E-state index contributed by atoms with van der Waals surface area (Å²) in [6, 6.07) is 10.9. The van der Waals surface area contributed by atoms with Gasteiger partial charge < -0.3 is 10.6 Å². The van der Waals surface area contributed by atoms with Crippen molar-refractivity contribution < 1.29 is 4.79 Å². The SMILES string of the molecule is O=C(NCCCCc1ccccc1)NC1CCCCC1. The lowest BCUT2D eigenvalue weighted by Crippen LogP contribution is -2.43. The van der Waals surface area contributed by atoms with Crippen molar-refractivity contribution >= 4 is 6.03 Å². The Morgan fingerprint density at radius 3 is 2.55 bits per heavy atom. The highest BCUT2D eigenvalue weighted by atomic mass is 16.2. The number of amides is 2. The van der Waals surface area contributed by atoms with E-state index in [-0.39, 0.29) is 6.03 Å². The van der Waals surface area contributed by atoms with Gasteiger partial charge in [-0.05, 0) is 37.7 Å². The van der Waals surface area contributed by atoms with Gasteiger partial charge in [-0.25, -0.2) is 4.79 Å². The van der Waals surface area contributed by atoms with Gasteiger partial charge in [-0.15, -0.1) is 0 Å². The summed E-state index contributed by atoms with van der Waals surface area (Å²) in [7, 11) is 0. The monoisotopic (exact) mass is 274 g/mol. The Labute approximate surface area is 122 Å². The molecule has 2 amide bonds. The van der Waals surface area contributed by atoms with Crippen LogP contribution < -0.4 is 10.6 Å². The zero-order valence-corrected chi connectivity index (χ0v) is 12.2. The van der Waals surface area contributed by atoms with Crippen LogP contribution in [-0.2, 0) is 6.42 Å². The molecule has 0 heterocycles. The minimum atomic E-state index is 0.0108. The number of hydrogen-bond acceptors (Lipinski definition) is 1. The third-order valence-electron chi connectivity index (χ3n) is 3.96. The van der Waals surface area contributed by atoms with Crippen LogP contribution in [0.5, 0.6) is 0 Å². The normalized spacial score (nSPS) is 15.8. The molecule has 3 heteroatoms. The first-order chi connectivity index (χ1) is 9.84. The van der Waals surface area contributed by atoms with Crippen LogP contribution in [-0.4, -0.2) is 18.6 Å². The molecule has 1 aromatic carbocycles. The molecule has 1 aliphatic rings. The highest BCUT2D eigenvalue weighted by molar-refractivity contribution is 5.74. The van der Waals surface area contributed by atoms with Crippen LogP contribution in [0.1, 0.15) is 50.5 Å². The molecule has 110 valence electrons. The second kappa shape index (κ2) is 8.62. The van der Waals surface area contributed by atoms with E-state index in [2.05, 4.69) is 34.9 Å². The van der Waals surface area contributed by atoms with Crippen LogP contribution in [0.15, 0.2) is 30.3 Å². The van der Waals surface area contributed by atoms with E-state index in [9.17, 15) is 4.79 Å². The van der Waals surface area contributed by atoms with Gasteiger partial charge >= 0.3 is 6.03 Å². The lowest BCUT2D eigenvalue weighted by atomic mass is 9.96. The Morgan fingerprint density at radius 2 is 1.80 bits per heavy atom. The molecule has 2 rings (SSSR count). The summed E-state index contributed by atoms with van der Waals surface area (Å²) in [6.07, 6.45) is 9.35. The van der Waals surface area contributed by atoms with Crippen molar-refractivity contribution in [1.29, 1.82) is 0 Å². The standard InChI is InChI=1S/C17H26N2O/c20-17(19-16-12-5-2-6-13-16)18-14-8-7-11-15-9-3-1-4-10-15/h1,3-4,9-10,16H,2,5-8,11-14H2,(H2,18,19,20). The van der Waals surface area contributed by atoms with Gasteiger partial charge in [-0.1, -0.05) is 49.6 Å². The van der Waals surface area contributed by atoms with Gasteiger partial charge in [0.05, 0.1) is 0 Å². The summed E-state index contributed by atoms with van der Waals surface area (Å²) in [5.41, 5.74) is 1.37. The van der Waals surface area contributed by atoms with Crippen molar-refractivity contribution in [3.05, 3.63) is 35.9 Å². The molecule has 0 bridgehead atoms. The first-order valence-electron chi connectivity index (χ1n) is 7.93. The van der Waals surface area contributed by atoms with Crippen molar-refractivity contribution in [1.82, 2.24) is 10.6 Å². The van der Waals surface area contributed by atoms with E-state index in [0.29, 0.717) is 6.04 Å². The maximum atomic E-state index is 11.7. The maximum Gasteiger partial charge on any atom is 0.315 e. The van der Waals surface area contributed by atoms with Crippen molar-refractivity contribution in [2.75, 3.05) is 6.54 Å². The van der Waals surface area contributed by atoms with Gasteiger partial charge in [-0.2, -0.15) is 0 Å². The fourth-order valence-corrected chi connectivity index (χ4v) is 2.78. The molecule has 0 unspecified atom stereocenters. The van der Waals surface area contributed by atoms with E-state index in [1.165, 1.54) is 24.8 Å². The molecule has 2 N–H and O–H groups in total. The first kappa shape index (κ1) is 14.9. The Balaban J connectivity index is 1.51. The van der Waals surface area contributed by atoms with E-state index in [4.69, 9.17) is 0 Å². The van der Waals surface area contributed by atoms with Crippen molar-refractivity contribution in [2.45, 2.75) is 57.4 Å². The quantitative estimate of drug-likeness (QED) is 0.764. The van der Waals surface area contributed by atoms with Crippen LogP contribution in [0, 0.1) is 0 Å². The number of unbranched alkanes of at least 4 members (excludes halogenated alkanes) is 1. The number of carbonyl (C=O) groups is 1. The summed E-state index contributed by atoms with van der Waals surface area (Å²) in [5.74, 6) is 0. The number of hydrogen-bond donors (Lipinski definition) is 2. The highest BCUT2D eigenvalue weighted by Gasteiger charge is 2.14. The van der Waals surface area contributed by atoms with Crippen LogP contribution in [0.2, 0.25) is 0 Å². The molecular formula is C17H26N2O. The molecule has 1 aromatic rings. The average Bonchev–Trinajstić information content (AvgIpc) is 2.49. The van der Waals surface area contributed by atoms with E-state index in [1.54, 1.807) is 0 Å². The molecule has 3 nitrogen and oxygen atoms in total. The Hall–Kier alpha value is -1.51.